The third kappa shape index (κ3) is 4.47. The van der Waals surface area contributed by atoms with Gasteiger partial charge in [-0.05, 0) is 60.0 Å². The van der Waals surface area contributed by atoms with Gasteiger partial charge in [0.1, 0.15) is 11.5 Å². The smallest absolute Gasteiger partial charge is 0.243 e. The van der Waals surface area contributed by atoms with Crippen LogP contribution in [-0.4, -0.2) is 32.2 Å². The first-order valence-electron chi connectivity index (χ1n) is 10.0. The molecule has 0 atom stereocenters. The van der Waals surface area contributed by atoms with Crippen LogP contribution in [0.15, 0.2) is 77.7 Å². The molecule has 1 amide bonds. The molecule has 0 aromatic heterocycles. The average Bonchev–Trinajstić information content (AvgIpc) is 3.18. The van der Waals surface area contributed by atoms with Crippen molar-refractivity contribution < 1.29 is 17.9 Å². The van der Waals surface area contributed by atoms with E-state index >= 15 is 0 Å². The highest BCUT2D eigenvalue weighted by Gasteiger charge is 2.27. The van der Waals surface area contributed by atoms with Crippen molar-refractivity contribution in [1.29, 1.82) is 0 Å². The molecular weight excluding hydrogens is 412 g/mol. The third-order valence-electron chi connectivity index (χ3n) is 5.32. The van der Waals surface area contributed by atoms with E-state index in [1.54, 1.807) is 30.1 Å². The molecule has 3 aromatic carbocycles. The summed E-state index contributed by atoms with van der Waals surface area (Å²) in [7, 11) is -2.11. The Labute approximate surface area is 182 Å². The van der Waals surface area contributed by atoms with Crippen molar-refractivity contribution in [2.75, 3.05) is 18.5 Å². The van der Waals surface area contributed by atoms with Crippen LogP contribution in [0.5, 0.6) is 11.5 Å². The summed E-state index contributed by atoms with van der Waals surface area (Å²) < 4.78 is 33.5. The SMILES string of the molecule is CC(=O)N1CCc2cc(S(=O)(=O)N(C)Cc3cccc(Oc4ccccc4)c3)ccc21. The van der Waals surface area contributed by atoms with Gasteiger partial charge in [0, 0.05) is 32.7 Å². The molecule has 0 radical (unpaired) electrons. The lowest BCUT2D eigenvalue weighted by molar-refractivity contribution is -0.116. The number of anilines is 1. The summed E-state index contributed by atoms with van der Waals surface area (Å²) in [4.78, 5) is 13.6. The Bertz CT molecular complexity index is 1210. The summed E-state index contributed by atoms with van der Waals surface area (Å²) in [6.07, 6.45) is 0.654. The van der Waals surface area contributed by atoms with Crippen molar-refractivity contribution in [1.82, 2.24) is 4.31 Å². The number of benzene rings is 3. The maximum Gasteiger partial charge on any atom is 0.243 e. The molecular formula is C24H24N2O4S. The van der Waals surface area contributed by atoms with Crippen LogP contribution >= 0.6 is 0 Å². The standard InChI is InChI=1S/C24H24N2O4S/c1-18(27)26-14-13-20-16-23(11-12-24(20)26)31(28,29)25(2)17-19-7-6-10-22(15-19)30-21-8-4-3-5-9-21/h3-12,15-16H,13-14,17H2,1-2H3. The molecule has 160 valence electrons. The molecule has 1 aliphatic heterocycles. The van der Waals surface area contributed by atoms with E-state index in [9.17, 15) is 13.2 Å². The lowest BCUT2D eigenvalue weighted by Gasteiger charge is -2.19. The predicted octanol–water partition coefficient (Wildman–Crippen LogP) is 4.21. The van der Waals surface area contributed by atoms with Crippen LogP contribution in [0, 0.1) is 0 Å². The Morgan fingerprint density at radius 2 is 1.74 bits per heavy atom. The fourth-order valence-electron chi connectivity index (χ4n) is 3.72. The minimum absolute atomic E-state index is 0.0379. The number of ether oxygens (including phenoxy) is 1. The second-order valence-electron chi connectivity index (χ2n) is 7.53. The van der Waals surface area contributed by atoms with Gasteiger partial charge in [-0.1, -0.05) is 30.3 Å². The highest BCUT2D eigenvalue weighted by molar-refractivity contribution is 7.89. The van der Waals surface area contributed by atoms with Gasteiger partial charge in [-0.2, -0.15) is 4.31 Å². The lowest BCUT2D eigenvalue weighted by Crippen LogP contribution is -2.27. The van der Waals surface area contributed by atoms with Crippen molar-refractivity contribution >= 4 is 21.6 Å². The van der Waals surface area contributed by atoms with Crippen LogP contribution in [0.2, 0.25) is 0 Å². The quantitative estimate of drug-likeness (QED) is 0.581. The molecule has 1 aliphatic rings. The van der Waals surface area contributed by atoms with Gasteiger partial charge in [0.05, 0.1) is 4.90 Å². The first-order chi connectivity index (χ1) is 14.8. The predicted molar refractivity (Wildman–Crippen MR) is 120 cm³/mol. The zero-order chi connectivity index (χ0) is 22.0. The molecule has 0 saturated carbocycles. The fourth-order valence-corrected chi connectivity index (χ4v) is 4.93. The normalized spacial score (nSPS) is 13.3. The van der Waals surface area contributed by atoms with Crippen LogP contribution in [0.4, 0.5) is 5.69 Å². The summed E-state index contributed by atoms with van der Waals surface area (Å²) >= 11 is 0. The van der Waals surface area contributed by atoms with E-state index in [0.717, 1.165) is 22.6 Å². The van der Waals surface area contributed by atoms with Gasteiger partial charge in [0.2, 0.25) is 15.9 Å². The molecule has 4 rings (SSSR count). The van der Waals surface area contributed by atoms with Crippen molar-refractivity contribution in [2.24, 2.45) is 0 Å². The zero-order valence-corrected chi connectivity index (χ0v) is 18.3. The van der Waals surface area contributed by atoms with E-state index in [1.807, 2.05) is 54.6 Å². The largest absolute Gasteiger partial charge is 0.457 e. The molecule has 31 heavy (non-hydrogen) atoms. The number of carbonyl (C=O) groups excluding carboxylic acids is 1. The molecule has 1 heterocycles. The van der Waals surface area contributed by atoms with Gasteiger partial charge in [0.25, 0.3) is 0 Å². The van der Waals surface area contributed by atoms with E-state index < -0.39 is 10.0 Å². The number of hydrogen-bond donors (Lipinski definition) is 0. The number of amides is 1. The number of nitrogens with zero attached hydrogens (tertiary/aromatic N) is 2. The molecule has 0 spiro atoms. The van der Waals surface area contributed by atoms with Crippen LogP contribution < -0.4 is 9.64 Å². The van der Waals surface area contributed by atoms with E-state index in [4.69, 9.17) is 4.74 Å². The van der Waals surface area contributed by atoms with E-state index in [1.165, 1.54) is 11.2 Å². The van der Waals surface area contributed by atoms with Crippen molar-refractivity contribution in [3.63, 3.8) is 0 Å². The minimum atomic E-state index is -3.68. The number of carbonyl (C=O) groups is 1. The van der Waals surface area contributed by atoms with Gasteiger partial charge >= 0.3 is 0 Å². The summed E-state index contributed by atoms with van der Waals surface area (Å²) in [5, 5.41) is 0. The second-order valence-corrected chi connectivity index (χ2v) is 9.58. The third-order valence-corrected chi connectivity index (χ3v) is 7.12. The molecule has 0 aliphatic carbocycles. The lowest BCUT2D eigenvalue weighted by atomic mass is 10.2. The topological polar surface area (TPSA) is 66.9 Å². The zero-order valence-electron chi connectivity index (χ0n) is 17.5. The van der Waals surface area contributed by atoms with Crippen LogP contribution in [-0.2, 0) is 27.8 Å². The maximum absolute atomic E-state index is 13.1. The first kappa shape index (κ1) is 21.1. The first-order valence-corrected chi connectivity index (χ1v) is 11.5. The van der Waals surface area contributed by atoms with Gasteiger partial charge in [-0.25, -0.2) is 8.42 Å². The molecule has 6 nitrogen and oxygen atoms in total. The van der Waals surface area contributed by atoms with E-state index in [2.05, 4.69) is 0 Å². The maximum atomic E-state index is 13.1. The molecule has 0 N–H and O–H groups in total. The summed E-state index contributed by atoms with van der Waals surface area (Å²) in [5.41, 5.74) is 2.49. The van der Waals surface area contributed by atoms with Crippen molar-refractivity contribution in [2.45, 2.75) is 24.8 Å². The number of sulfonamides is 1. The van der Waals surface area contributed by atoms with E-state index in [-0.39, 0.29) is 17.3 Å². The van der Waals surface area contributed by atoms with Gasteiger partial charge in [-0.15, -0.1) is 0 Å². The monoisotopic (exact) mass is 436 g/mol. The van der Waals surface area contributed by atoms with Gasteiger partial charge < -0.3 is 9.64 Å². The molecule has 7 heteroatoms. The Balaban J connectivity index is 1.51. The summed E-state index contributed by atoms with van der Waals surface area (Å²) in [5.74, 6) is 1.33. The second kappa shape index (κ2) is 8.53. The van der Waals surface area contributed by atoms with Crippen molar-refractivity contribution in [3.8, 4) is 11.5 Å². The molecule has 0 bridgehead atoms. The van der Waals surface area contributed by atoms with Crippen LogP contribution in [0.1, 0.15) is 18.1 Å². The fraction of sp³-hybridized carbons (Fsp3) is 0.208. The minimum Gasteiger partial charge on any atom is -0.457 e. The number of fused-ring (bicyclic) bond motifs is 1. The molecule has 3 aromatic rings. The highest BCUT2D eigenvalue weighted by atomic mass is 32.2. The van der Waals surface area contributed by atoms with Gasteiger partial charge in [-0.3, -0.25) is 4.79 Å². The van der Waals surface area contributed by atoms with Crippen LogP contribution in [0.25, 0.3) is 0 Å². The molecule has 0 fully saturated rings. The van der Waals surface area contributed by atoms with Crippen molar-refractivity contribution in [3.05, 3.63) is 83.9 Å². The highest BCUT2D eigenvalue weighted by Crippen LogP contribution is 2.31. The summed E-state index contributed by atoms with van der Waals surface area (Å²) in [6, 6.07) is 21.8. The Morgan fingerprint density at radius 1 is 1.00 bits per heavy atom. The number of para-hydroxylation sites is 1. The number of rotatable bonds is 6. The van der Waals surface area contributed by atoms with Crippen LogP contribution in [0.3, 0.4) is 0 Å². The Morgan fingerprint density at radius 3 is 2.48 bits per heavy atom. The van der Waals surface area contributed by atoms with E-state index in [0.29, 0.717) is 18.7 Å². The molecule has 0 unspecified atom stereocenters. The average molecular weight is 437 g/mol. The molecule has 0 saturated heterocycles. The van der Waals surface area contributed by atoms with Gasteiger partial charge in [0.15, 0.2) is 0 Å². The Hall–Kier alpha value is -3.16. The Kier molecular flexibility index (Phi) is 5.80. The summed E-state index contributed by atoms with van der Waals surface area (Å²) in [6.45, 7) is 2.31. The number of hydrogen-bond acceptors (Lipinski definition) is 4.